The first kappa shape index (κ1) is 10.9. The fourth-order valence-corrected chi connectivity index (χ4v) is 1.86. The van der Waals surface area contributed by atoms with Gasteiger partial charge in [-0.25, -0.2) is 5.90 Å². The van der Waals surface area contributed by atoms with Crippen LogP contribution in [0.15, 0.2) is 48.5 Å². The summed E-state index contributed by atoms with van der Waals surface area (Å²) in [5.41, 5.74) is 4.80. The fourth-order valence-electron chi connectivity index (χ4n) is 1.86. The van der Waals surface area contributed by atoms with Crippen LogP contribution >= 0.6 is 0 Å². The zero-order valence-corrected chi connectivity index (χ0v) is 9.31. The molecule has 82 valence electrons. The summed E-state index contributed by atoms with van der Waals surface area (Å²) >= 11 is 0. The topological polar surface area (TPSA) is 35.2 Å². The van der Waals surface area contributed by atoms with Gasteiger partial charge in [0.25, 0.3) is 0 Å². The lowest BCUT2D eigenvalue weighted by Crippen LogP contribution is -2.01. The zero-order chi connectivity index (χ0) is 11.4. The van der Waals surface area contributed by atoms with Gasteiger partial charge in [-0.2, -0.15) is 0 Å². The molecule has 0 saturated carbocycles. The average Bonchev–Trinajstić information content (AvgIpc) is 2.33. The number of rotatable bonds is 3. The second-order valence-electron chi connectivity index (χ2n) is 3.77. The molecule has 0 aromatic heterocycles. The van der Waals surface area contributed by atoms with E-state index in [1.54, 1.807) is 0 Å². The van der Waals surface area contributed by atoms with Crippen LogP contribution in [0, 0.1) is 6.92 Å². The summed E-state index contributed by atoms with van der Waals surface area (Å²) in [4.78, 5) is 4.70. The van der Waals surface area contributed by atoms with Crippen molar-refractivity contribution in [3.63, 3.8) is 0 Å². The summed E-state index contributed by atoms with van der Waals surface area (Å²) in [6.07, 6.45) is 0. The summed E-state index contributed by atoms with van der Waals surface area (Å²) < 4.78 is 0. The minimum atomic E-state index is 0.451. The van der Waals surface area contributed by atoms with Crippen molar-refractivity contribution < 1.29 is 4.84 Å². The third-order valence-electron chi connectivity index (χ3n) is 2.77. The van der Waals surface area contributed by atoms with Gasteiger partial charge in [-0.15, -0.1) is 0 Å². The molecule has 0 atom stereocenters. The van der Waals surface area contributed by atoms with E-state index in [9.17, 15) is 0 Å². The Balaban J connectivity index is 2.46. The van der Waals surface area contributed by atoms with Crippen molar-refractivity contribution in [3.8, 4) is 11.1 Å². The molecule has 2 heteroatoms. The van der Waals surface area contributed by atoms with Crippen LogP contribution < -0.4 is 5.90 Å². The van der Waals surface area contributed by atoms with E-state index >= 15 is 0 Å². The van der Waals surface area contributed by atoms with Gasteiger partial charge in [-0.3, -0.25) is 4.84 Å². The maximum absolute atomic E-state index is 5.12. The zero-order valence-electron chi connectivity index (χ0n) is 9.31. The van der Waals surface area contributed by atoms with Crippen LogP contribution in [-0.4, -0.2) is 0 Å². The summed E-state index contributed by atoms with van der Waals surface area (Å²) in [5, 5.41) is 0. The van der Waals surface area contributed by atoms with Crippen molar-refractivity contribution in [1.29, 1.82) is 0 Å². The number of hydrogen-bond acceptors (Lipinski definition) is 2. The molecule has 2 nitrogen and oxygen atoms in total. The molecule has 0 radical (unpaired) electrons. The number of nitrogens with two attached hydrogens (primary N) is 1. The van der Waals surface area contributed by atoms with Gasteiger partial charge >= 0.3 is 0 Å². The van der Waals surface area contributed by atoms with E-state index in [1.807, 2.05) is 30.3 Å². The molecule has 2 rings (SSSR count). The summed E-state index contributed by atoms with van der Waals surface area (Å²) in [5.74, 6) is 5.12. The van der Waals surface area contributed by atoms with Crippen LogP contribution in [-0.2, 0) is 11.4 Å². The Morgan fingerprint density at radius 2 is 1.75 bits per heavy atom. The molecule has 16 heavy (non-hydrogen) atoms. The summed E-state index contributed by atoms with van der Waals surface area (Å²) in [6, 6.07) is 16.5. The van der Waals surface area contributed by atoms with Crippen molar-refractivity contribution in [2.45, 2.75) is 13.5 Å². The molecule has 0 unspecified atom stereocenters. The van der Waals surface area contributed by atoms with E-state index in [2.05, 4.69) is 25.1 Å². The molecule has 0 bridgehead atoms. The highest BCUT2D eigenvalue weighted by molar-refractivity contribution is 5.68. The van der Waals surface area contributed by atoms with Gasteiger partial charge in [0.15, 0.2) is 0 Å². The predicted octanol–water partition coefficient (Wildman–Crippen LogP) is 3.05. The minimum absolute atomic E-state index is 0.451. The SMILES string of the molecule is Cc1c(CON)cccc1-c1ccccc1. The van der Waals surface area contributed by atoms with Gasteiger partial charge in [-0.1, -0.05) is 48.5 Å². The molecule has 0 aliphatic carbocycles. The molecule has 2 N–H and O–H groups in total. The highest BCUT2D eigenvalue weighted by Crippen LogP contribution is 2.25. The van der Waals surface area contributed by atoms with Crippen LogP contribution in [0.1, 0.15) is 11.1 Å². The Morgan fingerprint density at radius 3 is 2.44 bits per heavy atom. The minimum Gasteiger partial charge on any atom is -0.300 e. The van der Waals surface area contributed by atoms with E-state index in [4.69, 9.17) is 10.7 Å². The van der Waals surface area contributed by atoms with Gasteiger partial charge in [0, 0.05) is 0 Å². The van der Waals surface area contributed by atoms with E-state index in [0.29, 0.717) is 6.61 Å². The molecule has 0 fully saturated rings. The highest BCUT2D eigenvalue weighted by Gasteiger charge is 2.05. The Morgan fingerprint density at radius 1 is 1.00 bits per heavy atom. The van der Waals surface area contributed by atoms with Gasteiger partial charge in [-0.05, 0) is 29.2 Å². The van der Waals surface area contributed by atoms with Crippen molar-refractivity contribution in [2.75, 3.05) is 0 Å². The van der Waals surface area contributed by atoms with Gasteiger partial charge in [0.2, 0.25) is 0 Å². The molecule has 0 heterocycles. The number of benzene rings is 2. The Kier molecular flexibility index (Phi) is 3.34. The Hall–Kier alpha value is -1.64. The molecule has 2 aromatic carbocycles. The molecule has 0 aliphatic rings. The van der Waals surface area contributed by atoms with Crippen LogP contribution in [0.3, 0.4) is 0 Å². The van der Waals surface area contributed by atoms with E-state index in [0.717, 1.165) is 5.56 Å². The third kappa shape index (κ3) is 2.13. The molecular weight excluding hydrogens is 198 g/mol. The molecule has 0 spiro atoms. The molecular formula is C14H15NO. The highest BCUT2D eigenvalue weighted by atomic mass is 16.6. The maximum Gasteiger partial charge on any atom is 0.0932 e. The second kappa shape index (κ2) is 4.92. The lowest BCUT2D eigenvalue weighted by molar-refractivity contribution is 0.123. The van der Waals surface area contributed by atoms with Crippen LogP contribution in [0.4, 0.5) is 0 Å². The summed E-state index contributed by atoms with van der Waals surface area (Å²) in [7, 11) is 0. The summed E-state index contributed by atoms with van der Waals surface area (Å²) in [6.45, 7) is 2.54. The lowest BCUT2D eigenvalue weighted by Gasteiger charge is -2.10. The maximum atomic E-state index is 5.12. The fraction of sp³-hybridized carbons (Fsp3) is 0.143. The Labute approximate surface area is 95.6 Å². The van der Waals surface area contributed by atoms with Crippen LogP contribution in [0.25, 0.3) is 11.1 Å². The van der Waals surface area contributed by atoms with E-state index in [1.165, 1.54) is 16.7 Å². The predicted molar refractivity (Wildman–Crippen MR) is 65.6 cm³/mol. The van der Waals surface area contributed by atoms with E-state index < -0.39 is 0 Å². The average molecular weight is 213 g/mol. The van der Waals surface area contributed by atoms with Crippen molar-refractivity contribution >= 4 is 0 Å². The molecule has 0 amide bonds. The van der Waals surface area contributed by atoms with Crippen molar-refractivity contribution in [2.24, 2.45) is 5.90 Å². The quantitative estimate of drug-likeness (QED) is 0.795. The van der Waals surface area contributed by atoms with Gasteiger partial charge in [0.1, 0.15) is 0 Å². The van der Waals surface area contributed by atoms with E-state index in [-0.39, 0.29) is 0 Å². The van der Waals surface area contributed by atoms with Gasteiger partial charge < -0.3 is 0 Å². The van der Waals surface area contributed by atoms with Crippen molar-refractivity contribution in [1.82, 2.24) is 0 Å². The number of hydrogen-bond donors (Lipinski definition) is 1. The van der Waals surface area contributed by atoms with Crippen molar-refractivity contribution in [3.05, 3.63) is 59.7 Å². The smallest absolute Gasteiger partial charge is 0.0932 e. The first-order valence-corrected chi connectivity index (χ1v) is 5.28. The van der Waals surface area contributed by atoms with Crippen LogP contribution in [0.2, 0.25) is 0 Å². The normalized spacial score (nSPS) is 10.4. The van der Waals surface area contributed by atoms with Gasteiger partial charge in [0.05, 0.1) is 6.61 Å². The first-order chi connectivity index (χ1) is 7.83. The Bertz CT molecular complexity index is 465. The third-order valence-corrected chi connectivity index (χ3v) is 2.77. The first-order valence-electron chi connectivity index (χ1n) is 5.28. The molecule has 0 aliphatic heterocycles. The lowest BCUT2D eigenvalue weighted by atomic mass is 9.97. The second-order valence-corrected chi connectivity index (χ2v) is 3.77. The molecule has 2 aromatic rings. The monoisotopic (exact) mass is 213 g/mol. The van der Waals surface area contributed by atoms with Crippen LogP contribution in [0.5, 0.6) is 0 Å². The molecule has 0 saturated heterocycles. The largest absolute Gasteiger partial charge is 0.300 e. The standard InChI is InChI=1S/C14H15NO/c1-11-13(10-16-15)8-5-9-14(11)12-6-3-2-4-7-12/h2-9H,10,15H2,1H3.